The first-order valence-electron chi connectivity index (χ1n) is 11.9. The van der Waals surface area contributed by atoms with Crippen molar-refractivity contribution in [2.24, 2.45) is 4.99 Å². The van der Waals surface area contributed by atoms with Gasteiger partial charge in [-0.05, 0) is 45.0 Å². The van der Waals surface area contributed by atoms with Crippen LogP contribution in [0.2, 0.25) is 0 Å². The molecule has 1 aliphatic carbocycles. The minimum atomic E-state index is 0.0133. The molecule has 0 saturated heterocycles. The average Bonchev–Trinajstić information content (AvgIpc) is 3.51. The molecule has 2 aliphatic rings. The summed E-state index contributed by atoms with van der Waals surface area (Å²) in [5.41, 5.74) is 3.66. The summed E-state index contributed by atoms with van der Waals surface area (Å²) >= 11 is 0. The number of benzene rings is 2. The number of aryl methyl sites for hydroxylation is 2. The Hall–Kier alpha value is -4.66. The molecular formula is C27H23N9. The minimum absolute atomic E-state index is 0.0133. The quantitative estimate of drug-likeness (QED) is 0.389. The maximum atomic E-state index is 4.98. The summed E-state index contributed by atoms with van der Waals surface area (Å²) in [6, 6.07) is 16.1. The van der Waals surface area contributed by atoms with Crippen LogP contribution in [-0.2, 0) is 0 Å². The molecule has 0 N–H and O–H groups in total. The van der Waals surface area contributed by atoms with Gasteiger partial charge in [-0.1, -0.05) is 48.6 Å². The first kappa shape index (κ1) is 20.7. The molecule has 0 saturated carbocycles. The lowest BCUT2D eigenvalue weighted by Crippen LogP contribution is -2.39. The molecule has 36 heavy (non-hydrogen) atoms. The number of amidine groups is 1. The maximum absolute atomic E-state index is 4.98. The zero-order chi connectivity index (χ0) is 24.4. The number of fused-ring (bicyclic) bond motifs is 3. The Kier molecular flexibility index (Phi) is 4.41. The predicted octanol–water partition coefficient (Wildman–Crippen LogP) is 4.27. The van der Waals surface area contributed by atoms with Crippen LogP contribution in [0.4, 0.5) is 5.95 Å². The molecule has 9 heteroatoms. The van der Waals surface area contributed by atoms with E-state index in [0.717, 1.165) is 39.6 Å². The standard InChI is InChI=1S/C27H23N9/c1-16-28-19-10-4-7-13-22(19)34(16)25-31-26(35-17(2)29-20-11-5-8-14-23(20)35)33-27(32-25)36-18(3)30-21-12-6-9-15-24(21)36/h4-15,19,22H,1-3H3. The third-order valence-electron chi connectivity index (χ3n) is 6.73. The van der Waals surface area contributed by atoms with Gasteiger partial charge in [0.05, 0.1) is 34.2 Å². The first-order chi connectivity index (χ1) is 17.6. The molecule has 2 unspecified atom stereocenters. The SMILES string of the molecule is CC1=NC2C=CC=CC2N1c1nc(-n2c(C)nc3ccccc32)nc(-n2c(C)nc3ccccc32)n1. The summed E-state index contributed by atoms with van der Waals surface area (Å²) in [6.07, 6.45) is 8.34. The highest BCUT2D eigenvalue weighted by Crippen LogP contribution is 2.29. The molecule has 0 amide bonds. The van der Waals surface area contributed by atoms with Crippen molar-refractivity contribution in [3.8, 4) is 11.9 Å². The molecule has 9 nitrogen and oxygen atoms in total. The van der Waals surface area contributed by atoms with E-state index in [4.69, 9.17) is 29.9 Å². The second kappa shape index (κ2) is 7.67. The van der Waals surface area contributed by atoms with E-state index in [1.807, 2.05) is 90.6 Å². The summed E-state index contributed by atoms with van der Waals surface area (Å²) in [5.74, 6) is 4.02. The lowest BCUT2D eigenvalue weighted by atomic mass is 10.0. The number of nitrogens with zero attached hydrogens (tertiary/aromatic N) is 9. The summed E-state index contributed by atoms with van der Waals surface area (Å²) in [5, 5.41) is 0. The Bertz CT molecular complexity index is 1660. The third kappa shape index (κ3) is 3.02. The summed E-state index contributed by atoms with van der Waals surface area (Å²) in [6.45, 7) is 5.93. The Balaban J connectivity index is 1.50. The van der Waals surface area contributed by atoms with Gasteiger partial charge in [-0.2, -0.15) is 15.0 Å². The Labute approximate surface area is 207 Å². The van der Waals surface area contributed by atoms with Crippen molar-refractivity contribution in [3.05, 3.63) is 84.5 Å². The molecule has 0 radical (unpaired) electrons. The van der Waals surface area contributed by atoms with Crippen LogP contribution < -0.4 is 4.90 Å². The number of para-hydroxylation sites is 4. The van der Waals surface area contributed by atoms with Gasteiger partial charge >= 0.3 is 0 Å². The number of anilines is 1. The van der Waals surface area contributed by atoms with Crippen LogP contribution in [0, 0.1) is 13.8 Å². The van der Waals surface area contributed by atoms with E-state index in [1.165, 1.54) is 0 Å². The Morgan fingerprint density at radius 3 is 1.75 bits per heavy atom. The highest BCUT2D eigenvalue weighted by Gasteiger charge is 2.35. The van der Waals surface area contributed by atoms with E-state index < -0.39 is 0 Å². The number of aliphatic imine (C=N–C) groups is 1. The Morgan fingerprint density at radius 1 is 0.611 bits per heavy atom. The van der Waals surface area contributed by atoms with Crippen molar-refractivity contribution < 1.29 is 0 Å². The van der Waals surface area contributed by atoms with Gasteiger partial charge in [0, 0.05) is 0 Å². The van der Waals surface area contributed by atoms with Crippen LogP contribution >= 0.6 is 0 Å². The van der Waals surface area contributed by atoms with Crippen molar-refractivity contribution >= 4 is 33.9 Å². The molecule has 4 heterocycles. The number of allylic oxidation sites excluding steroid dienone is 2. The maximum Gasteiger partial charge on any atom is 0.242 e. The van der Waals surface area contributed by atoms with Gasteiger partial charge in [0.25, 0.3) is 0 Å². The monoisotopic (exact) mass is 473 g/mol. The average molecular weight is 474 g/mol. The van der Waals surface area contributed by atoms with E-state index in [-0.39, 0.29) is 12.1 Å². The zero-order valence-corrected chi connectivity index (χ0v) is 20.1. The second-order valence-electron chi connectivity index (χ2n) is 9.00. The van der Waals surface area contributed by atoms with Crippen LogP contribution in [0.5, 0.6) is 0 Å². The lowest BCUT2D eigenvalue weighted by Gasteiger charge is -2.26. The van der Waals surface area contributed by atoms with Gasteiger partial charge < -0.3 is 0 Å². The van der Waals surface area contributed by atoms with Gasteiger partial charge in [0.2, 0.25) is 17.8 Å². The molecule has 0 fully saturated rings. The molecule has 1 aliphatic heterocycles. The fourth-order valence-electron chi connectivity index (χ4n) is 5.16. The van der Waals surface area contributed by atoms with Crippen LogP contribution in [-0.4, -0.2) is 52.0 Å². The van der Waals surface area contributed by atoms with Gasteiger partial charge in [-0.3, -0.25) is 19.0 Å². The van der Waals surface area contributed by atoms with Gasteiger partial charge in [0.15, 0.2) is 0 Å². The van der Waals surface area contributed by atoms with Crippen LogP contribution in [0.25, 0.3) is 34.0 Å². The topological polar surface area (TPSA) is 89.9 Å². The summed E-state index contributed by atoms with van der Waals surface area (Å²) < 4.78 is 3.96. The van der Waals surface area contributed by atoms with Crippen LogP contribution in [0.1, 0.15) is 18.6 Å². The minimum Gasteiger partial charge on any atom is -0.289 e. The van der Waals surface area contributed by atoms with Gasteiger partial charge in [-0.15, -0.1) is 0 Å². The molecule has 176 valence electrons. The number of hydrogen-bond acceptors (Lipinski definition) is 7. The van der Waals surface area contributed by atoms with Crippen LogP contribution in [0.15, 0.2) is 77.8 Å². The molecular weight excluding hydrogens is 450 g/mol. The third-order valence-corrected chi connectivity index (χ3v) is 6.73. The van der Waals surface area contributed by atoms with Crippen molar-refractivity contribution in [2.45, 2.75) is 32.9 Å². The van der Waals surface area contributed by atoms with Gasteiger partial charge in [0.1, 0.15) is 17.5 Å². The van der Waals surface area contributed by atoms with Crippen molar-refractivity contribution in [2.75, 3.05) is 4.90 Å². The van der Waals surface area contributed by atoms with E-state index >= 15 is 0 Å². The smallest absolute Gasteiger partial charge is 0.242 e. The summed E-state index contributed by atoms with van der Waals surface area (Å²) in [7, 11) is 0. The zero-order valence-electron chi connectivity index (χ0n) is 20.1. The predicted molar refractivity (Wildman–Crippen MR) is 140 cm³/mol. The molecule has 0 bridgehead atoms. The molecule has 3 aromatic heterocycles. The Morgan fingerprint density at radius 2 is 1.14 bits per heavy atom. The van der Waals surface area contributed by atoms with Crippen molar-refractivity contribution in [3.63, 3.8) is 0 Å². The van der Waals surface area contributed by atoms with E-state index in [2.05, 4.69) is 17.1 Å². The number of aromatic nitrogens is 7. The molecule has 2 atom stereocenters. The number of imidazole rings is 2. The fourth-order valence-corrected chi connectivity index (χ4v) is 5.16. The molecule has 7 rings (SSSR count). The van der Waals surface area contributed by atoms with E-state index in [0.29, 0.717) is 17.8 Å². The summed E-state index contributed by atoms with van der Waals surface area (Å²) in [4.78, 5) is 31.4. The van der Waals surface area contributed by atoms with Crippen molar-refractivity contribution in [1.82, 2.24) is 34.1 Å². The normalized spacial score (nSPS) is 18.9. The highest BCUT2D eigenvalue weighted by atomic mass is 15.4. The van der Waals surface area contributed by atoms with Gasteiger partial charge in [-0.25, -0.2) is 9.97 Å². The number of hydrogen-bond donors (Lipinski definition) is 0. The lowest BCUT2D eigenvalue weighted by molar-refractivity contribution is 0.717. The van der Waals surface area contributed by atoms with Crippen LogP contribution in [0.3, 0.4) is 0 Å². The van der Waals surface area contributed by atoms with E-state index in [1.54, 1.807) is 0 Å². The fraction of sp³-hybridized carbons (Fsp3) is 0.185. The second-order valence-corrected chi connectivity index (χ2v) is 9.00. The molecule has 5 aromatic rings. The largest absolute Gasteiger partial charge is 0.289 e. The van der Waals surface area contributed by atoms with E-state index in [9.17, 15) is 0 Å². The highest BCUT2D eigenvalue weighted by molar-refractivity contribution is 5.98. The first-order valence-corrected chi connectivity index (χ1v) is 11.9. The molecule has 0 spiro atoms. The number of rotatable bonds is 3. The molecule has 2 aromatic carbocycles. The van der Waals surface area contributed by atoms with Crippen molar-refractivity contribution in [1.29, 1.82) is 0 Å².